The van der Waals surface area contributed by atoms with Gasteiger partial charge in [0, 0.05) is 6.07 Å². The third-order valence-corrected chi connectivity index (χ3v) is 3.94. The number of aliphatic carboxylic acids is 1. The molecule has 0 bridgehead atoms. The van der Waals surface area contributed by atoms with Crippen LogP contribution in [0.5, 0.6) is 5.75 Å². The number of carbonyl (C=O) groups is 2. The van der Waals surface area contributed by atoms with Crippen LogP contribution < -0.4 is 4.74 Å². The van der Waals surface area contributed by atoms with Crippen molar-refractivity contribution in [2.45, 2.75) is 25.6 Å². The van der Waals surface area contributed by atoms with Gasteiger partial charge in [0.2, 0.25) is 0 Å². The average Bonchev–Trinajstić information content (AvgIpc) is 3.15. The van der Waals surface area contributed by atoms with Crippen molar-refractivity contribution in [1.29, 1.82) is 0 Å². The molecular formula is C17H18N2O6. The van der Waals surface area contributed by atoms with Gasteiger partial charge in [-0.1, -0.05) is 17.3 Å². The fourth-order valence-electron chi connectivity index (χ4n) is 2.70. The number of aliphatic hydroxyl groups excluding tert-OH is 1. The van der Waals surface area contributed by atoms with E-state index >= 15 is 0 Å². The minimum absolute atomic E-state index is 0.0638. The Hall–Kier alpha value is -2.87. The van der Waals surface area contributed by atoms with Crippen molar-refractivity contribution in [3.8, 4) is 5.75 Å². The first kappa shape index (κ1) is 17.0. The standard InChI is InChI=1S/C17H18N2O6/c1-10-6-13(18-25-10)17(23)19-8-14(20)15(9-19)24-12-4-2-11(3-5-12)7-16(21)22/h2-6,14-15,20H,7-9H2,1H3,(H,21,22)/t14-,15-/m1/s1. The highest BCUT2D eigenvalue weighted by Gasteiger charge is 2.36. The number of aryl methyl sites for hydroxylation is 1. The molecule has 3 rings (SSSR count). The Bertz CT molecular complexity index is 770. The summed E-state index contributed by atoms with van der Waals surface area (Å²) in [6.45, 7) is 2.07. The second-order valence-corrected chi connectivity index (χ2v) is 5.97. The Morgan fingerprint density at radius 2 is 2.04 bits per heavy atom. The van der Waals surface area contributed by atoms with Gasteiger partial charge in [0.15, 0.2) is 5.69 Å². The monoisotopic (exact) mass is 346 g/mol. The number of ether oxygens (including phenoxy) is 1. The number of hydrogen-bond acceptors (Lipinski definition) is 6. The van der Waals surface area contributed by atoms with Crippen LogP contribution in [-0.2, 0) is 11.2 Å². The van der Waals surface area contributed by atoms with E-state index in [1.165, 1.54) is 4.90 Å². The first-order chi connectivity index (χ1) is 11.9. The lowest BCUT2D eigenvalue weighted by molar-refractivity contribution is -0.136. The molecule has 132 valence electrons. The smallest absolute Gasteiger partial charge is 0.307 e. The van der Waals surface area contributed by atoms with Gasteiger partial charge in [-0.2, -0.15) is 0 Å². The lowest BCUT2D eigenvalue weighted by Gasteiger charge is -2.17. The number of likely N-dealkylation sites (tertiary alicyclic amines) is 1. The third kappa shape index (κ3) is 3.97. The lowest BCUT2D eigenvalue weighted by Crippen LogP contribution is -2.31. The second-order valence-electron chi connectivity index (χ2n) is 5.97. The van der Waals surface area contributed by atoms with E-state index in [1.54, 1.807) is 37.3 Å². The van der Waals surface area contributed by atoms with Gasteiger partial charge in [-0.15, -0.1) is 0 Å². The van der Waals surface area contributed by atoms with Crippen LogP contribution in [0.4, 0.5) is 0 Å². The zero-order chi connectivity index (χ0) is 18.0. The van der Waals surface area contributed by atoms with Crippen LogP contribution in [0.1, 0.15) is 21.8 Å². The molecule has 1 fully saturated rings. The molecule has 0 unspecified atom stereocenters. The van der Waals surface area contributed by atoms with Crippen LogP contribution in [0, 0.1) is 6.92 Å². The highest BCUT2D eigenvalue weighted by atomic mass is 16.5. The molecule has 8 nitrogen and oxygen atoms in total. The second kappa shape index (κ2) is 6.94. The van der Waals surface area contributed by atoms with E-state index in [1.807, 2.05) is 0 Å². The molecule has 1 aromatic carbocycles. The van der Waals surface area contributed by atoms with Gasteiger partial charge >= 0.3 is 5.97 Å². The SMILES string of the molecule is Cc1cc(C(=O)N2C[C@@H](O)[C@H](Oc3ccc(CC(=O)O)cc3)C2)no1. The number of amides is 1. The van der Waals surface area contributed by atoms with Gasteiger partial charge < -0.3 is 24.4 Å². The maximum atomic E-state index is 12.3. The van der Waals surface area contributed by atoms with Gasteiger partial charge in [-0.3, -0.25) is 9.59 Å². The number of carboxylic acid groups (broad SMARTS) is 1. The Morgan fingerprint density at radius 1 is 1.32 bits per heavy atom. The van der Waals surface area contributed by atoms with Gasteiger partial charge in [-0.05, 0) is 24.6 Å². The summed E-state index contributed by atoms with van der Waals surface area (Å²) < 4.78 is 10.6. The maximum absolute atomic E-state index is 12.3. The predicted octanol–water partition coefficient (Wildman–Crippen LogP) is 0.874. The van der Waals surface area contributed by atoms with Crippen molar-refractivity contribution in [1.82, 2.24) is 10.1 Å². The summed E-state index contributed by atoms with van der Waals surface area (Å²) in [5, 5.41) is 22.6. The molecule has 0 radical (unpaired) electrons. The maximum Gasteiger partial charge on any atom is 0.307 e. The van der Waals surface area contributed by atoms with Crippen molar-refractivity contribution in [3.63, 3.8) is 0 Å². The number of aliphatic hydroxyl groups is 1. The van der Waals surface area contributed by atoms with Crippen LogP contribution in [0.25, 0.3) is 0 Å². The summed E-state index contributed by atoms with van der Waals surface area (Å²) in [5.41, 5.74) is 0.855. The number of rotatable bonds is 5. The molecule has 2 atom stereocenters. The van der Waals surface area contributed by atoms with E-state index in [0.29, 0.717) is 17.1 Å². The number of hydrogen-bond donors (Lipinski definition) is 2. The van der Waals surface area contributed by atoms with Crippen molar-refractivity contribution in [3.05, 3.63) is 47.3 Å². The molecule has 2 heterocycles. The van der Waals surface area contributed by atoms with Crippen LogP contribution in [0.2, 0.25) is 0 Å². The molecule has 1 saturated heterocycles. The molecule has 0 spiro atoms. The minimum atomic E-state index is -0.905. The number of aromatic nitrogens is 1. The highest BCUT2D eigenvalue weighted by molar-refractivity contribution is 5.92. The predicted molar refractivity (Wildman–Crippen MR) is 85.3 cm³/mol. The Kier molecular flexibility index (Phi) is 4.71. The van der Waals surface area contributed by atoms with Crippen LogP contribution in [-0.4, -0.2) is 57.4 Å². The molecule has 1 aliphatic heterocycles. The average molecular weight is 346 g/mol. The molecule has 1 amide bonds. The van der Waals surface area contributed by atoms with Gasteiger partial charge in [0.1, 0.15) is 23.7 Å². The molecule has 2 aromatic rings. The van der Waals surface area contributed by atoms with Crippen molar-refractivity contribution < 1.29 is 29.1 Å². The van der Waals surface area contributed by atoms with E-state index in [9.17, 15) is 14.7 Å². The first-order valence-electron chi connectivity index (χ1n) is 7.80. The molecule has 25 heavy (non-hydrogen) atoms. The van der Waals surface area contributed by atoms with Crippen molar-refractivity contribution >= 4 is 11.9 Å². The quantitative estimate of drug-likeness (QED) is 0.826. The van der Waals surface area contributed by atoms with Crippen LogP contribution >= 0.6 is 0 Å². The molecule has 0 aliphatic carbocycles. The number of carbonyl (C=O) groups excluding carboxylic acids is 1. The fourth-order valence-corrected chi connectivity index (χ4v) is 2.70. The summed E-state index contributed by atoms with van der Waals surface area (Å²) in [6, 6.07) is 8.16. The Balaban J connectivity index is 1.62. The summed E-state index contributed by atoms with van der Waals surface area (Å²) in [5.74, 6) is -0.182. The van der Waals surface area contributed by atoms with E-state index in [0.717, 1.165) is 0 Å². The van der Waals surface area contributed by atoms with E-state index < -0.39 is 18.2 Å². The number of benzene rings is 1. The molecule has 2 N–H and O–H groups in total. The summed E-state index contributed by atoms with van der Waals surface area (Å²) in [6.07, 6.45) is -1.45. The van der Waals surface area contributed by atoms with Crippen LogP contribution in [0.15, 0.2) is 34.9 Å². The van der Waals surface area contributed by atoms with Gasteiger partial charge in [-0.25, -0.2) is 0 Å². The van der Waals surface area contributed by atoms with E-state index in [2.05, 4.69) is 5.16 Å². The zero-order valence-electron chi connectivity index (χ0n) is 13.6. The zero-order valence-corrected chi connectivity index (χ0v) is 13.6. The van der Waals surface area contributed by atoms with Gasteiger partial charge in [0.25, 0.3) is 5.91 Å². The Morgan fingerprint density at radius 3 is 2.64 bits per heavy atom. The lowest BCUT2D eigenvalue weighted by atomic mass is 10.1. The number of carboxylic acids is 1. The summed E-state index contributed by atoms with van der Waals surface area (Å²) >= 11 is 0. The summed E-state index contributed by atoms with van der Waals surface area (Å²) in [4.78, 5) is 24.5. The summed E-state index contributed by atoms with van der Waals surface area (Å²) in [7, 11) is 0. The largest absolute Gasteiger partial charge is 0.486 e. The number of β-amino-alcohol motifs (C(OH)–C–C–N with tert-alkyl or cyclic N) is 1. The van der Waals surface area contributed by atoms with Crippen molar-refractivity contribution in [2.24, 2.45) is 0 Å². The molecular weight excluding hydrogens is 328 g/mol. The van der Waals surface area contributed by atoms with E-state index in [-0.39, 0.29) is 31.1 Å². The topological polar surface area (TPSA) is 113 Å². The molecule has 1 aromatic heterocycles. The van der Waals surface area contributed by atoms with Crippen LogP contribution in [0.3, 0.4) is 0 Å². The van der Waals surface area contributed by atoms with Crippen molar-refractivity contribution in [2.75, 3.05) is 13.1 Å². The third-order valence-electron chi connectivity index (χ3n) is 3.94. The normalized spacial score (nSPS) is 19.8. The molecule has 0 saturated carbocycles. The fraction of sp³-hybridized carbons (Fsp3) is 0.353. The van der Waals surface area contributed by atoms with E-state index in [4.69, 9.17) is 14.4 Å². The first-order valence-corrected chi connectivity index (χ1v) is 7.80. The molecule has 1 aliphatic rings. The number of nitrogens with zero attached hydrogens (tertiary/aromatic N) is 2. The molecule has 8 heteroatoms. The minimum Gasteiger partial charge on any atom is -0.486 e. The highest BCUT2D eigenvalue weighted by Crippen LogP contribution is 2.21. The Labute approximate surface area is 143 Å². The van der Waals surface area contributed by atoms with Gasteiger partial charge in [0.05, 0.1) is 19.5 Å².